The average molecular weight is 536 g/mol. The number of fused-ring (bicyclic) bond motifs is 2. The number of alkyl halides is 2. The number of anilines is 2. The van der Waals surface area contributed by atoms with Gasteiger partial charge in [0.2, 0.25) is 15.9 Å². The second-order valence-electron chi connectivity index (χ2n) is 9.72. The van der Waals surface area contributed by atoms with Gasteiger partial charge in [-0.05, 0) is 44.5 Å². The molecule has 1 atom stereocenters. The van der Waals surface area contributed by atoms with Gasteiger partial charge < -0.3 is 20.1 Å². The average Bonchev–Trinajstić information content (AvgIpc) is 3.30. The largest absolute Gasteiger partial charge is 0.489 e. The van der Waals surface area contributed by atoms with Crippen molar-refractivity contribution in [1.82, 2.24) is 14.5 Å². The van der Waals surface area contributed by atoms with Gasteiger partial charge in [-0.15, -0.1) is 0 Å². The van der Waals surface area contributed by atoms with Gasteiger partial charge in [-0.2, -0.15) is 9.40 Å². The standard InChI is InChI=1S/C24H27F2N5O5S/c1-24(2,13-32)30-7-8-36-19-11-16(3-4-17(19)30)28-23(33)18-5-6-31(18)37(34,35)20-10-14(22(25)26)9-15-12-27-29-21(15)20/h3-4,9-12,18,22,32H,5-8,13H2,1-2H3,(H,27,29)(H,28,33)/t18-/m0/s1. The van der Waals surface area contributed by atoms with Crippen molar-refractivity contribution in [2.75, 3.05) is 36.5 Å². The van der Waals surface area contributed by atoms with E-state index in [2.05, 4.69) is 15.5 Å². The van der Waals surface area contributed by atoms with Crippen LogP contribution in [0.1, 0.15) is 32.3 Å². The molecule has 1 aromatic heterocycles. The third-order valence-electron chi connectivity index (χ3n) is 6.86. The quantitative estimate of drug-likeness (QED) is 0.425. The first-order valence-corrected chi connectivity index (χ1v) is 13.2. The molecule has 10 nitrogen and oxygen atoms in total. The lowest BCUT2D eigenvalue weighted by atomic mass is 10.0. The van der Waals surface area contributed by atoms with Crippen molar-refractivity contribution in [3.63, 3.8) is 0 Å². The lowest BCUT2D eigenvalue weighted by Gasteiger charge is -2.42. The van der Waals surface area contributed by atoms with Crippen molar-refractivity contribution < 1.29 is 31.8 Å². The number of ether oxygens (including phenoxy) is 1. The van der Waals surface area contributed by atoms with E-state index in [1.165, 1.54) is 12.3 Å². The van der Waals surface area contributed by atoms with Gasteiger partial charge in [-0.25, -0.2) is 17.2 Å². The summed E-state index contributed by atoms with van der Waals surface area (Å²) in [5, 5.41) is 19.1. The number of aromatic nitrogens is 2. The van der Waals surface area contributed by atoms with Crippen LogP contribution in [0.4, 0.5) is 20.2 Å². The zero-order valence-electron chi connectivity index (χ0n) is 20.2. The summed E-state index contributed by atoms with van der Waals surface area (Å²) in [7, 11) is -4.27. The van der Waals surface area contributed by atoms with Crippen molar-refractivity contribution in [2.45, 2.75) is 43.2 Å². The summed E-state index contributed by atoms with van der Waals surface area (Å²) in [5.41, 5.74) is 0.358. The van der Waals surface area contributed by atoms with E-state index in [0.29, 0.717) is 24.6 Å². The summed E-state index contributed by atoms with van der Waals surface area (Å²) in [5.74, 6) is -0.00175. The minimum Gasteiger partial charge on any atom is -0.489 e. The van der Waals surface area contributed by atoms with Crippen LogP contribution in [0.5, 0.6) is 5.75 Å². The van der Waals surface area contributed by atoms with Crippen LogP contribution < -0.4 is 15.0 Å². The highest BCUT2D eigenvalue weighted by molar-refractivity contribution is 7.89. The lowest BCUT2D eigenvalue weighted by molar-refractivity contribution is -0.122. The first kappa shape index (κ1) is 25.4. The Balaban J connectivity index is 1.37. The Hall–Kier alpha value is -3.29. The maximum absolute atomic E-state index is 13.4. The molecule has 0 saturated carbocycles. The number of nitrogens with one attached hydrogen (secondary N) is 2. The summed E-state index contributed by atoms with van der Waals surface area (Å²) in [6.45, 7) is 4.85. The Kier molecular flexibility index (Phi) is 6.32. The van der Waals surface area contributed by atoms with E-state index in [-0.39, 0.29) is 35.4 Å². The Morgan fingerprint density at radius 1 is 1.30 bits per heavy atom. The van der Waals surface area contributed by atoms with Crippen molar-refractivity contribution in [3.05, 3.63) is 42.1 Å². The molecule has 1 saturated heterocycles. The van der Waals surface area contributed by atoms with E-state index in [9.17, 15) is 27.1 Å². The van der Waals surface area contributed by atoms with E-state index in [1.807, 2.05) is 18.7 Å². The number of hydrogen-bond donors (Lipinski definition) is 3. The molecule has 198 valence electrons. The lowest BCUT2D eigenvalue weighted by Crippen LogP contribution is -2.56. The second-order valence-corrected chi connectivity index (χ2v) is 11.6. The fraction of sp³-hybridized carbons (Fsp3) is 0.417. The highest BCUT2D eigenvalue weighted by atomic mass is 32.2. The molecule has 2 aliphatic rings. The Labute approximate surface area is 212 Å². The van der Waals surface area contributed by atoms with Crippen LogP contribution in [-0.2, 0) is 14.8 Å². The number of aliphatic hydroxyl groups excluding tert-OH is 1. The number of sulfonamides is 1. The number of carbonyl (C=O) groups excluding carboxylic acids is 1. The molecule has 0 spiro atoms. The summed E-state index contributed by atoms with van der Waals surface area (Å²) in [6, 6.07) is 6.23. The van der Waals surface area contributed by atoms with Crippen LogP contribution in [0.15, 0.2) is 41.4 Å². The van der Waals surface area contributed by atoms with Crippen molar-refractivity contribution in [2.24, 2.45) is 0 Å². The topological polar surface area (TPSA) is 128 Å². The molecule has 1 amide bonds. The number of H-pyrrole nitrogens is 1. The van der Waals surface area contributed by atoms with Crippen LogP contribution in [-0.4, -0.2) is 71.8 Å². The molecule has 5 rings (SSSR count). The molecule has 0 unspecified atom stereocenters. The number of halogens is 2. The van der Waals surface area contributed by atoms with E-state index >= 15 is 0 Å². The van der Waals surface area contributed by atoms with Crippen LogP contribution >= 0.6 is 0 Å². The number of nitrogens with zero attached hydrogens (tertiary/aromatic N) is 3. The van der Waals surface area contributed by atoms with Gasteiger partial charge in [0.1, 0.15) is 23.3 Å². The summed E-state index contributed by atoms with van der Waals surface area (Å²) < 4.78 is 60.5. The fourth-order valence-electron chi connectivity index (χ4n) is 4.65. The van der Waals surface area contributed by atoms with E-state index in [4.69, 9.17) is 4.74 Å². The first-order chi connectivity index (χ1) is 17.5. The van der Waals surface area contributed by atoms with Gasteiger partial charge >= 0.3 is 0 Å². The second kappa shape index (κ2) is 9.23. The smallest absolute Gasteiger partial charge is 0.263 e. The fourth-order valence-corrected chi connectivity index (χ4v) is 6.49. The molecule has 0 radical (unpaired) electrons. The van der Waals surface area contributed by atoms with Gasteiger partial charge in [0.15, 0.2) is 0 Å². The van der Waals surface area contributed by atoms with Crippen molar-refractivity contribution in [1.29, 1.82) is 0 Å². The molecule has 3 N–H and O–H groups in total. The molecular formula is C24H27F2N5O5S. The van der Waals surface area contributed by atoms with Crippen LogP contribution in [0.2, 0.25) is 0 Å². The first-order valence-electron chi connectivity index (χ1n) is 11.8. The summed E-state index contributed by atoms with van der Waals surface area (Å²) in [6.07, 6.45) is -1.30. The third kappa shape index (κ3) is 4.40. The van der Waals surface area contributed by atoms with Gasteiger partial charge in [0.25, 0.3) is 6.43 Å². The highest BCUT2D eigenvalue weighted by Gasteiger charge is 2.44. The minimum atomic E-state index is -4.27. The summed E-state index contributed by atoms with van der Waals surface area (Å²) >= 11 is 0. The zero-order valence-corrected chi connectivity index (χ0v) is 21.1. The van der Waals surface area contributed by atoms with Crippen LogP contribution in [0.25, 0.3) is 10.9 Å². The Morgan fingerprint density at radius 3 is 2.76 bits per heavy atom. The van der Waals surface area contributed by atoms with Gasteiger partial charge in [-0.3, -0.25) is 9.89 Å². The van der Waals surface area contributed by atoms with Crippen molar-refractivity contribution >= 4 is 38.2 Å². The number of benzene rings is 2. The van der Waals surface area contributed by atoms with Crippen molar-refractivity contribution in [3.8, 4) is 5.75 Å². The molecular weight excluding hydrogens is 508 g/mol. The number of aromatic amines is 1. The third-order valence-corrected chi connectivity index (χ3v) is 8.79. The highest BCUT2D eigenvalue weighted by Crippen LogP contribution is 2.38. The number of rotatable bonds is 7. The number of amides is 1. The van der Waals surface area contributed by atoms with Gasteiger partial charge in [0, 0.05) is 29.2 Å². The van der Waals surface area contributed by atoms with E-state index < -0.39 is 39.5 Å². The molecule has 13 heteroatoms. The molecule has 3 aromatic rings. The predicted molar refractivity (Wildman–Crippen MR) is 132 cm³/mol. The molecule has 2 aliphatic heterocycles. The Morgan fingerprint density at radius 2 is 2.08 bits per heavy atom. The molecule has 0 bridgehead atoms. The monoisotopic (exact) mass is 535 g/mol. The van der Waals surface area contributed by atoms with Gasteiger partial charge in [0.05, 0.1) is 36.1 Å². The van der Waals surface area contributed by atoms with Crippen LogP contribution in [0, 0.1) is 0 Å². The summed E-state index contributed by atoms with van der Waals surface area (Å²) in [4.78, 5) is 14.8. The molecule has 37 heavy (non-hydrogen) atoms. The van der Waals surface area contributed by atoms with E-state index in [0.717, 1.165) is 16.1 Å². The van der Waals surface area contributed by atoms with Crippen LogP contribution in [0.3, 0.4) is 0 Å². The normalized spacial score (nSPS) is 18.4. The molecule has 0 aliphatic carbocycles. The maximum atomic E-state index is 13.4. The zero-order chi connectivity index (χ0) is 26.5. The SMILES string of the molecule is CC(C)(CO)N1CCOc2cc(NC(=O)[C@@H]3CCN3S(=O)(=O)c3cc(C(F)F)cc4cn[nH]c34)ccc21. The number of aliphatic hydroxyl groups is 1. The maximum Gasteiger partial charge on any atom is 0.263 e. The Bertz CT molecular complexity index is 1460. The predicted octanol–water partition coefficient (Wildman–Crippen LogP) is 2.87. The van der Waals surface area contributed by atoms with Gasteiger partial charge in [-0.1, -0.05) is 0 Å². The van der Waals surface area contributed by atoms with E-state index in [1.54, 1.807) is 18.2 Å². The molecule has 2 aromatic carbocycles. The minimum absolute atomic E-state index is 0.0536. The molecule has 3 heterocycles. The number of carbonyl (C=O) groups is 1. The molecule has 1 fully saturated rings. The number of hydrogen-bond acceptors (Lipinski definition) is 7.